The third kappa shape index (κ3) is 4.03. The van der Waals surface area contributed by atoms with Crippen molar-refractivity contribution in [3.63, 3.8) is 0 Å². The van der Waals surface area contributed by atoms with Gasteiger partial charge >= 0.3 is 17.9 Å². The fraction of sp³-hybridized carbons (Fsp3) is 0.522. The number of hydrogen-bond donors (Lipinski definition) is 4. The Morgan fingerprint density at radius 1 is 1.12 bits per heavy atom. The molecule has 0 amide bonds. The third-order valence-corrected chi connectivity index (χ3v) is 6.31. The average Bonchev–Trinajstić information content (AvgIpc) is 3.07. The highest BCUT2D eigenvalue weighted by molar-refractivity contribution is 5.96. The van der Waals surface area contributed by atoms with Crippen molar-refractivity contribution in [1.29, 1.82) is 0 Å². The molecular weight excluding hydrogens is 420 g/mol. The number of carboxylic acid groups (broad SMARTS) is 3. The van der Waals surface area contributed by atoms with Crippen LogP contribution in [0.15, 0.2) is 42.0 Å². The van der Waals surface area contributed by atoms with Crippen LogP contribution in [0.2, 0.25) is 0 Å². The second kappa shape index (κ2) is 8.65. The summed E-state index contributed by atoms with van der Waals surface area (Å²) < 4.78 is 11.1. The van der Waals surface area contributed by atoms with E-state index < -0.39 is 41.0 Å². The van der Waals surface area contributed by atoms with Crippen LogP contribution >= 0.6 is 0 Å². The highest BCUT2D eigenvalue weighted by Crippen LogP contribution is 2.54. The fourth-order valence-electron chi connectivity index (χ4n) is 4.71. The summed E-state index contributed by atoms with van der Waals surface area (Å²) in [4.78, 5) is 35.5. The topological polar surface area (TPSA) is 151 Å². The van der Waals surface area contributed by atoms with Gasteiger partial charge in [0.25, 0.3) is 0 Å². The maximum atomic E-state index is 12.0. The van der Waals surface area contributed by atoms with Crippen molar-refractivity contribution in [3.05, 3.63) is 47.5 Å². The molecule has 0 radical (unpaired) electrons. The minimum atomic E-state index is -3.26. The van der Waals surface area contributed by atoms with E-state index in [0.29, 0.717) is 6.42 Å². The lowest BCUT2D eigenvalue weighted by molar-refractivity contribution is -0.362. The number of carbonyl (C=O) groups is 3. The van der Waals surface area contributed by atoms with Crippen molar-refractivity contribution in [2.75, 3.05) is 0 Å². The van der Waals surface area contributed by atoms with E-state index in [9.17, 15) is 34.8 Å². The van der Waals surface area contributed by atoms with Gasteiger partial charge in [-0.15, -0.1) is 0 Å². The van der Waals surface area contributed by atoms with Crippen molar-refractivity contribution in [2.45, 2.75) is 69.0 Å². The normalized spacial score (nSPS) is 33.0. The summed E-state index contributed by atoms with van der Waals surface area (Å²) in [5.41, 5.74) is -3.70. The molecule has 1 aromatic rings. The van der Waals surface area contributed by atoms with E-state index in [2.05, 4.69) is 13.0 Å². The molecule has 2 saturated heterocycles. The molecule has 2 heterocycles. The molecule has 0 aliphatic carbocycles. The summed E-state index contributed by atoms with van der Waals surface area (Å²) in [5, 5.41) is 39.5. The zero-order chi connectivity index (χ0) is 23.7. The predicted octanol–water partition coefficient (Wildman–Crippen LogP) is 2.22. The predicted molar refractivity (Wildman–Crippen MR) is 111 cm³/mol. The second-order valence-electron chi connectivity index (χ2n) is 8.73. The molecule has 4 N–H and O–H groups in total. The largest absolute Gasteiger partial charge is 0.479 e. The average molecular weight is 448 g/mol. The van der Waals surface area contributed by atoms with Crippen LogP contribution in [0.25, 0.3) is 0 Å². The number of fused-ring (bicyclic) bond motifs is 2. The van der Waals surface area contributed by atoms with Crippen molar-refractivity contribution in [1.82, 2.24) is 0 Å². The van der Waals surface area contributed by atoms with E-state index >= 15 is 0 Å². The van der Waals surface area contributed by atoms with Crippen molar-refractivity contribution < 1.29 is 44.3 Å². The van der Waals surface area contributed by atoms with Crippen LogP contribution in [0.3, 0.4) is 0 Å². The smallest absolute Gasteiger partial charge is 0.342 e. The van der Waals surface area contributed by atoms with Crippen LogP contribution in [0, 0.1) is 5.92 Å². The number of aliphatic carboxylic acids is 3. The second-order valence-corrected chi connectivity index (χ2v) is 8.73. The van der Waals surface area contributed by atoms with E-state index in [1.165, 1.54) is 5.56 Å². The van der Waals surface area contributed by atoms with Crippen LogP contribution in [0.1, 0.15) is 45.1 Å². The van der Waals surface area contributed by atoms with E-state index in [1.807, 2.05) is 37.3 Å². The Morgan fingerprint density at radius 2 is 1.78 bits per heavy atom. The number of benzene rings is 1. The Bertz CT molecular complexity index is 927. The Hall–Kier alpha value is -2.75. The van der Waals surface area contributed by atoms with Crippen LogP contribution in [0.5, 0.6) is 0 Å². The molecule has 2 bridgehead atoms. The molecule has 0 saturated carbocycles. The maximum absolute atomic E-state index is 12.0. The number of ether oxygens (including phenoxy) is 2. The van der Waals surface area contributed by atoms with E-state index in [4.69, 9.17) is 9.47 Å². The number of allylic oxidation sites excluding steroid dienone is 2. The summed E-state index contributed by atoms with van der Waals surface area (Å²) in [6, 6.07) is 9.99. The molecule has 2 fully saturated rings. The molecule has 0 aromatic heterocycles. The molecule has 9 heteroatoms. The molecule has 32 heavy (non-hydrogen) atoms. The standard InChI is InChI=1S/C23H28O9/c1-14(12-15(2)13-16-6-4-3-5-7-16)8-9-21-10-11-22(32-21,19(26)27)23(30,20(28)29)17(31-21)18(24)25/h3-7,12,15,17,30H,8-11,13H2,1-2H3,(H,24,25)(H,26,27)(H,28,29)/b14-12+/t15-,17?,21?,22?,23?/m0/s1. The Kier molecular flexibility index (Phi) is 6.46. The van der Waals surface area contributed by atoms with Crippen LogP contribution in [0.4, 0.5) is 0 Å². The van der Waals surface area contributed by atoms with Gasteiger partial charge in [-0.2, -0.15) is 0 Å². The van der Waals surface area contributed by atoms with E-state index in [1.54, 1.807) is 0 Å². The van der Waals surface area contributed by atoms with Crippen molar-refractivity contribution in [3.8, 4) is 0 Å². The van der Waals surface area contributed by atoms with E-state index in [-0.39, 0.29) is 25.2 Å². The van der Waals surface area contributed by atoms with Gasteiger partial charge in [0.05, 0.1) is 0 Å². The van der Waals surface area contributed by atoms with Crippen molar-refractivity contribution in [2.24, 2.45) is 5.92 Å². The number of rotatable bonds is 9. The van der Waals surface area contributed by atoms with Gasteiger partial charge in [0.2, 0.25) is 17.3 Å². The molecule has 174 valence electrons. The highest BCUT2D eigenvalue weighted by Gasteiger charge is 2.78. The van der Waals surface area contributed by atoms with Gasteiger partial charge in [0.15, 0.2) is 5.79 Å². The lowest BCUT2D eigenvalue weighted by Crippen LogP contribution is -2.75. The summed E-state index contributed by atoms with van der Waals surface area (Å²) in [5.74, 6) is -6.90. The monoisotopic (exact) mass is 448 g/mol. The lowest BCUT2D eigenvalue weighted by atomic mass is 9.76. The van der Waals surface area contributed by atoms with Crippen molar-refractivity contribution >= 4 is 17.9 Å². The Labute approximate surface area is 185 Å². The first-order valence-corrected chi connectivity index (χ1v) is 10.5. The minimum absolute atomic E-state index is 0.0501. The van der Waals surface area contributed by atoms with Gasteiger partial charge in [-0.05, 0) is 37.7 Å². The van der Waals surface area contributed by atoms with Gasteiger partial charge in [0.1, 0.15) is 0 Å². The van der Waals surface area contributed by atoms with Crippen LogP contribution < -0.4 is 0 Å². The Balaban J connectivity index is 1.78. The zero-order valence-electron chi connectivity index (χ0n) is 18.0. The van der Waals surface area contributed by atoms with Gasteiger partial charge < -0.3 is 29.9 Å². The first kappa shape index (κ1) is 23.9. The summed E-state index contributed by atoms with van der Waals surface area (Å²) in [6.45, 7) is 3.98. The van der Waals surface area contributed by atoms with Gasteiger partial charge in [-0.3, -0.25) is 0 Å². The van der Waals surface area contributed by atoms with Crippen LogP contribution in [-0.2, 0) is 30.3 Å². The molecule has 2 aliphatic heterocycles. The van der Waals surface area contributed by atoms with Gasteiger partial charge in [0, 0.05) is 12.8 Å². The number of carboxylic acids is 3. The first-order chi connectivity index (χ1) is 15.0. The highest BCUT2D eigenvalue weighted by atomic mass is 16.8. The molecule has 1 aromatic carbocycles. The Morgan fingerprint density at radius 3 is 2.34 bits per heavy atom. The molecule has 4 unspecified atom stereocenters. The van der Waals surface area contributed by atoms with Crippen LogP contribution in [-0.4, -0.2) is 61.4 Å². The SMILES string of the molecule is C/C(=C\[C@H](C)Cc1ccccc1)CCC12CCC(C(=O)O)(O1)C(O)(C(=O)O)C(C(=O)O)O2. The van der Waals surface area contributed by atoms with E-state index in [0.717, 1.165) is 12.0 Å². The maximum Gasteiger partial charge on any atom is 0.342 e. The zero-order valence-corrected chi connectivity index (χ0v) is 18.0. The summed E-state index contributed by atoms with van der Waals surface area (Å²) in [6.07, 6.45) is 0.746. The van der Waals surface area contributed by atoms with Gasteiger partial charge in [-0.25, -0.2) is 14.4 Å². The molecule has 0 spiro atoms. The number of hydrogen-bond acceptors (Lipinski definition) is 6. The summed E-state index contributed by atoms with van der Waals surface area (Å²) in [7, 11) is 0. The van der Waals surface area contributed by atoms with Gasteiger partial charge in [-0.1, -0.05) is 48.9 Å². The molecule has 2 aliphatic rings. The molecule has 5 atom stereocenters. The summed E-state index contributed by atoms with van der Waals surface area (Å²) >= 11 is 0. The molecule has 9 nitrogen and oxygen atoms in total. The molecular formula is C23H28O9. The minimum Gasteiger partial charge on any atom is -0.479 e. The molecule has 3 rings (SSSR count). The fourth-order valence-corrected chi connectivity index (χ4v) is 4.71. The quantitative estimate of drug-likeness (QED) is 0.417. The number of aliphatic hydroxyl groups is 1. The third-order valence-electron chi connectivity index (χ3n) is 6.31. The lowest BCUT2D eigenvalue weighted by Gasteiger charge is -2.48. The first-order valence-electron chi connectivity index (χ1n) is 10.5.